The molecule has 0 spiro atoms. The molecule has 16 heavy (non-hydrogen) atoms. The van der Waals surface area contributed by atoms with Crippen molar-refractivity contribution in [2.45, 2.75) is 30.2 Å². The number of hydrogen-bond donors (Lipinski definition) is 0. The summed E-state index contributed by atoms with van der Waals surface area (Å²) in [5.41, 5.74) is 0.828. The third kappa shape index (κ3) is 1.79. The molecule has 0 bridgehead atoms. The van der Waals surface area contributed by atoms with Crippen molar-refractivity contribution < 1.29 is 9.18 Å². The van der Waals surface area contributed by atoms with E-state index in [-0.39, 0.29) is 5.82 Å². The molecule has 1 fully saturated rings. The Labute approximate surface area is 98.0 Å². The topological polar surface area (TPSA) is 29.4 Å². The summed E-state index contributed by atoms with van der Waals surface area (Å²) < 4.78 is 13.8. The van der Waals surface area contributed by atoms with Gasteiger partial charge in [0.1, 0.15) is 11.4 Å². The van der Waals surface area contributed by atoms with Gasteiger partial charge in [0.25, 0.3) is 0 Å². The Morgan fingerprint density at radius 2 is 2.19 bits per heavy atom. The van der Waals surface area contributed by atoms with Gasteiger partial charge in [-0.25, -0.2) is 9.18 Å². The molecule has 0 saturated heterocycles. The van der Waals surface area contributed by atoms with Crippen LogP contribution in [0.2, 0.25) is 0 Å². The summed E-state index contributed by atoms with van der Waals surface area (Å²) in [7, 11) is 0. The van der Waals surface area contributed by atoms with Gasteiger partial charge in [-0.3, -0.25) is 0 Å². The van der Waals surface area contributed by atoms with E-state index in [2.05, 4.69) is 4.99 Å². The number of halogens is 1. The number of thioether (sulfide) groups is 1. The van der Waals surface area contributed by atoms with Gasteiger partial charge in [-0.05, 0) is 43.7 Å². The Kier molecular flexibility index (Phi) is 2.87. The normalized spacial score (nSPS) is 16.7. The van der Waals surface area contributed by atoms with Crippen LogP contribution in [0.3, 0.4) is 0 Å². The monoisotopic (exact) mass is 237 g/mol. The molecule has 0 aliphatic heterocycles. The number of isocyanates is 1. The zero-order valence-corrected chi connectivity index (χ0v) is 10.0. The number of rotatable bonds is 3. The maximum Gasteiger partial charge on any atom is 0.235 e. The summed E-state index contributed by atoms with van der Waals surface area (Å²) in [6, 6.07) is 3.32. The van der Waals surface area contributed by atoms with E-state index in [4.69, 9.17) is 0 Å². The number of benzene rings is 1. The van der Waals surface area contributed by atoms with Crippen LogP contribution in [0.15, 0.2) is 22.0 Å². The van der Waals surface area contributed by atoms with E-state index in [0.29, 0.717) is 5.56 Å². The Hall–Kier alpha value is -1.12. The summed E-state index contributed by atoms with van der Waals surface area (Å²) in [5, 5.41) is 0. The molecule has 1 aliphatic carbocycles. The van der Waals surface area contributed by atoms with E-state index in [1.54, 1.807) is 17.8 Å². The first-order chi connectivity index (χ1) is 7.63. The zero-order chi connectivity index (χ0) is 11.8. The quantitative estimate of drug-likeness (QED) is 0.459. The minimum absolute atomic E-state index is 0.271. The zero-order valence-electron chi connectivity index (χ0n) is 9.21. The first-order valence-electron chi connectivity index (χ1n) is 5.06. The van der Waals surface area contributed by atoms with Crippen LogP contribution in [0.4, 0.5) is 4.39 Å². The van der Waals surface area contributed by atoms with Gasteiger partial charge in [0, 0.05) is 10.5 Å². The average molecular weight is 237 g/mol. The van der Waals surface area contributed by atoms with E-state index < -0.39 is 5.54 Å². The van der Waals surface area contributed by atoms with Crippen LogP contribution in [0.5, 0.6) is 0 Å². The molecule has 0 N–H and O–H groups in total. The first-order valence-corrected chi connectivity index (χ1v) is 6.29. The fourth-order valence-electron chi connectivity index (χ4n) is 1.88. The van der Waals surface area contributed by atoms with Gasteiger partial charge >= 0.3 is 0 Å². The highest BCUT2D eigenvalue weighted by Crippen LogP contribution is 2.50. The van der Waals surface area contributed by atoms with Crippen LogP contribution in [-0.4, -0.2) is 12.3 Å². The van der Waals surface area contributed by atoms with Crippen LogP contribution in [0.25, 0.3) is 0 Å². The molecular weight excluding hydrogens is 225 g/mol. The van der Waals surface area contributed by atoms with Gasteiger partial charge in [-0.1, -0.05) is 0 Å². The molecule has 4 heteroatoms. The molecule has 0 aromatic heterocycles. The molecule has 1 aromatic rings. The summed E-state index contributed by atoms with van der Waals surface area (Å²) in [6.45, 7) is 1.88. The van der Waals surface area contributed by atoms with Gasteiger partial charge in [-0.15, -0.1) is 11.8 Å². The third-order valence-corrected chi connectivity index (χ3v) is 3.85. The minimum Gasteiger partial charge on any atom is -0.211 e. The first kappa shape index (κ1) is 11.4. The van der Waals surface area contributed by atoms with Gasteiger partial charge < -0.3 is 0 Å². The molecule has 2 nitrogen and oxygen atoms in total. The van der Waals surface area contributed by atoms with E-state index in [1.165, 1.54) is 6.07 Å². The summed E-state index contributed by atoms with van der Waals surface area (Å²) in [4.78, 5) is 15.1. The van der Waals surface area contributed by atoms with Crippen molar-refractivity contribution in [3.05, 3.63) is 29.1 Å². The lowest BCUT2D eigenvalue weighted by Crippen LogP contribution is -2.06. The van der Waals surface area contributed by atoms with Crippen LogP contribution in [0, 0.1) is 12.7 Å². The predicted octanol–water partition coefficient (Wildman–Crippen LogP) is 3.18. The molecule has 0 radical (unpaired) electrons. The lowest BCUT2D eigenvalue weighted by Gasteiger charge is -2.12. The van der Waals surface area contributed by atoms with Gasteiger partial charge in [0.2, 0.25) is 6.08 Å². The highest BCUT2D eigenvalue weighted by atomic mass is 32.2. The summed E-state index contributed by atoms with van der Waals surface area (Å²) >= 11 is 1.57. The number of carbonyl (C=O) groups excluding carboxylic acids is 1. The van der Waals surface area contributed by atoms with Crippen LogP contribution < -0.4 is 0 Å². The smallest absolute Gasteiger partial charge is 0.211 e. The molecule has 0 heterocycles. The molecule has 0 unspecified atom stereocenters. The molecule has 0 atom stereocenters. The molecule has 84 valence electrons. The molecule has 0 amide bonds. The lowest BCUT2D eigenvalue weighted by atomic mass is 10.0. The largest absolute Gasteiger partial charge is 0.235 e. The van der Waals surface area contributed by atoms with Crippen molar-refractivity contribution in [2.24, 2.45) is 4.99 Å². The minimum atomic E-state index is -0.621. The molecule has 1 aromatic carbocycles. The fraction of sp³-hybridized carbons (Fsp3) is 0.417. The predicted molar refractivity (Wildman–Crippen MR) is 62.0 cm³/mol. The van der Waals surface area contributed by atoms with Crippen molar-refractivity contribution >= 4 is 17.8 Å². The highest BCUT2D eigenvalue weighted by molar-refractivity contribution is 7.98. The second-order valence-corrected chi connectivity index (χ2v) is 4.88. The highest BCUT2D eigenvalue weighted by Gasteiger charge is 2.46. The summed E-state index contributed by atoms with van der Waals surface area (Å²) in [6.07, 6.45) is 4.97. The number of hydrogen-bond acceptors (Lipinski definition) is 3. The van der Waals surface area contributed by atoms with Gasteiger partial charge in [0.15, 0.2) is 0 Å². The Bertz CT molecular complexity index is 476. The van der Waals surface area contributed by atoms with E-state index >= 15 is 0 Å². The van der Waals surface area contributed by atoms with Gasteiger partial charge in [0.05, 0.1) is 0 Å². The Balaban J connectivity index is 2.53. The van der Waals surface area contributed by atoms with Crippen molar-refractivity contribution in [3.63, 3.8) is 0 Å². The van der Waals surface area contributed by atoms with Crippen LogP contribution in [-0.2, 0) is 10.3 Å². The molecule has 1 aliphatic rings. The lowest BCUT2D eigenvalue weighted by molar-refractivity contribution is 0.547. The second kappa shape index (κ2) is 4.04. The van der Waals surface area contributed by atoms with E-state index in [1.807, 2.05) is 19.2 Å². The van der Waals surface area contributed by atoms with E-state index in [9.17, 15) is 9.18 Å². The summed E-state index contributed by atoms with van der Waals surface area (Å²) in [5.74, 6) is -0.271. The molecule has 1 saturated carbocycles. The average Bonchev–Trinajstić information content (AvgIpc) is 2.99. The van der Waals surface area contributed by atoms with E-state index in [0.717, 1.165) is 23.3 Å². The molecule has 2 rings (SSSR count). The van der Waals surface area contributed by atoms with Crippen molar-refractivity contribution in [1.29, 1.82) is 0 Å². The van der Waals surface area contributed by atoms with Crippen LogP contribution in [0.1, 0.15) is 24.0 Å². The second-order valence-electron chi connectivity index (χ2n) is 4.04. The maximum atomic E-state index is 13.8. The van der Waals surface area contributed by atoms with Crippen molar-refractivity contribution in [1.82, 2.24) is 0 Å². The standard InChI is InChI=1S/C12H12FNOS/c1-8-5-10(13)9(6-11(8)16-2)12(3-4-12)14-7-15/h5-6H,3-4H2,1-2H3. The SMILES string of the molecule is CSc1cc(C2(N=C=O)CC2)c(F)cc1C. The third-order valence-electron chi connectivity index (χ3n) is 2.97. The number of nitrogens with zero attached hydrogens (tertiary/aromatic N) is 1. The number of aryl methyl sites for hydroxylation is 1. The van der Waals surface area contributed by atoms with Crippen LogP contribution >= 0.6 is 11.8 Å². The van der Waals surface area contributed by atoms with Gasteiger partial charge in [-0.2, -0.15) is 4.99 Å². The van der Waals surface area contributed by atoms with Crippen molar-refractivity contribution in [2.75, 3.05) is 6.26 Å². The fourth-order valence-corrected chi connectivity index (χ4v) is 2.49. The Morgan fingerprint density at radius 3 is 2.69 bits per heavy atom. The van der Waals surface area contributed by atoms with Crippen molar-refractivity contribution in [3.8, 4) is 0 Å². The Morgan fingerprint density at radius 1 is 1.50 bits per heavy atom. The number of aliphatic imine (C=N–C) groups is 1. The molecular formula is C12H12FNOS. The maximum absolute atomic E-state index is 13.8.